The Hall–Kier alpha value is -1.88. The van der Waals surface area contributed by atoms with Crippen LogP contribution in [0.3, 0.4) is 0 Å². The van der Waals surface area contributed by atoms with Crippen LogP contribution in [0, 0.1) is 5.92 Å². The molecule has 1 fully saturated rings. The summed E-state index contributed by atoms with van der Waals surface area (Å²) in [6.45, 7) is 2.47. The molecule has 1 heterocycles. The van der Waals surface area contributed by atoms with Gasteiger partial charge in [-0.25, -0.2) is 0 Å². The molecule has 0 aromatic heterocycles. The highest BCUT2D eigenvalue weighted by Gasteiger charge is 2.29. The van der Waals surface area contributed by atoms with Crippen LogP contribution in [0.1, 0.15) is 29.9 Å². The second kappa shape index (κ2) is 6.26. The van der Waals surface area contributed by atoms with Crippen molar-refractivity contribution in [1.82, 2.24) is 16.0 Å². The van der Waals surface area contributed by atoms with Gasteiger partial charge in [-0.1, -0.05) is 24.3 Å². The maximum Gasteiger partial charge on any atom is 0.228 e. The van der Waals surface area contributed by atoms with Crippen LogP contribution in [0.4, 0.5) is 0 Å². The van der Waals surface area contributed by atoms with Gasteiger partial charge in [-0.15, -0.1) is 0 Å². The maximum absolute atomic E-state index is 12.3. The summed E-state index contributed by atoms with van der Waals surface area (Å²) in [7, 11) is 0. The lowest BCUT2D eigenvalue weighted by Gasteiger charge is -2.25. The van der Waals surface area contributed by atoms with Crippen LogP contribution in [-0.2, 0) is 16.1 Å². The van der Waals surface area contributed by atoms with E-state index < -0.39 is 0 Å². The molecule has 2 amide bonds. The summed E-state index contributed by atoms with van der Waals surface area (Å²) < 4.78 is 0. The van der Waals surface area contributed by atoms with E-state index in [9.17, 15) is 9.59 Å². The summed E-state index contributed by atoms with van der Waals surface area (Å²) in [5.41, 5.74) is 2.29. The molecule has 1 saturated carbocycles. The zero-order chi connectivity index (χ0) is 14.7. The molecule has 1 unspecified atom stereocenters. The van der Waals surface area contributed by atoms with Gasteiger partial charge in [0, 0.05) is 32.1 Å². The molecule has 0 spiro atoms. The summed E-state index contributed by atoms with van der Waals surface area (Å²) in [6.07, 6.45) is 2.01. The van der Waals surface area contributed by atoms with Crippen LogP contribution in [-0.4, -0.2) is 31.4 Å². The van der Waals surface area contributed by atoms with Gasteiger partial charge in [-0.2, -0.15) is 0 Å². The van der Waals surface area contributed by atoms with Gasteiger partial charge in [-0.05, 0) is 24.0 Å². The molecular weight excluding hydrogens is 266 g/mol. The number of hydrogen-bond acceptors (Lipinski definition) is 3. The van der Waals surface area contributed by atoms with E-state index in [2.05, 4.69) is 22.0 Å². The third kappa shape index (κ3) is 3.42. The van der Waals surface area contributed by atoms with E-state index in [0.29, 0.717) is 19.6 Å². The Kier molecular flexibility index (Phi) is 4.20. The molecule has 0 radical (unpaired) electrons. The number of carbonyl (C=O) groups is 2. The quantitative estimate of drug-likeness (QED) is 0.691. The van der Waals surface area contributed by atoms with Gasteiger partial charge in [0.25, 0.3) is 0 Å². The molecule has 21 heavy (non-hydrogen) atoms. The predicted octanol–water partition coefficient (Wildman–Crippen LogP) is 0.516. The Balaban J connectivity index is 1.48. The monoisotopic (exact) mass is 287 g/mol. The molecule has 5 heteroatoms. The van der Waals surface area contributed by atoms with Crippen LogP contribution >= 0.6 is 0 Å². The van der Waals surface area contributed by atoms with E-state index in [4.69, 9.17) is 0 Å². The third-order valence-corrected chi connectivity index (χ3v) is 4.08. The minimum atomic E-state index is -0.144. The van der Waals surface area contributed by atoms with Crippen LogP contribution in [0.5, 0.6) is 0 Å². The van der Waals surface area contributed by atoms with Crippen molar-refractivity contribution in [1.29, 1.82) is 0 Å². The number of fused-ring (bicyclic) bond motifs is 1. The highest BCUT2D eigenvalue weighted by atomic mass is 16.2. The minimum Gasteiger partial charge on any atom is -0.354 e. The number of amides is 2. The van der Waals surface area contributed by atoms with Gasteiger partial charge in [0.15, 0.2) is 0 Å². The first kappa shape index (κ1) is 14.1. The largest absolute Gasteiger partial charge is 0.354 e. The average molecular weight is 287 g/mol. The third-order valence-electron chi connectivity index (χ3n) is 4.08. The molecule has 1 aliphatic carbocycles. The summed E-state index contributed by atoms with van der Waals surface area (Å²) in [5.74, 6) is 0.216. The highest BCUT2D eigenvalue weighted by Crippen LogP contribution is 2.28. The van der Waals surface area contributed by atoms with E-state index in [0.717, 1.165) is 24.9 Å². The number of nitrogens with one attached hydrogen (secondary N) is 3. The van der Waals surface area contributed by atoms with Crippen LogP contribution in [0.2, 0.25) is 0 Å². The van der Waals surface area contributed by atoms with Gasteiger partial charge in [-0.3, -0.25) is 9.59 Å². The molecule has 0 bridgehead atoms. The van der Waals surface area contributed by atoms with E-state index in [1.54, 1.807) is 0 Å². The van der Waals surface area contributed by atoms with E-state index in [1.165, 1.54) is 5.56 Å². The summed E-state index contributed by atoms with van der Waals surface area (Å²) in [6, 6.07) is 8.04. The molecule has 0 saturated heterocycles. The van der Waals surface area contributed by atoms with Gasteiger partial charge >= 0.3 is 0 Å². The first-order chi connectivity index (χ1) is 10.3. The van der Waals surface area contributed by atoms with E-state index in [-0.39, 0.29) is 23.7 Å². The first-order valence-corrected chi connectivity index (χ1v) is 7.59. The Bertz CT molecular complexity index is 540. The molecule has 3 rings (SSSR count). The fraction of sp³-hybridized carbons (Fsp3) is 0.500. The molecule has 2 aliphatic rings. The van der Waals surface area contributed by atoms with Crippen molar-refractivity contribution in [2.24, 2.45) is 5.92 Å². The first-order valence-electron chi connectivity index (χ1n) is 7.59. The molecule has 1 aromatic carbocycles. The van der Waals surface area contributed by atoms with Crippen molar-refractivity contribution in [3.63, 3.8) is 0 Å². The average Bonchev–Trinajstić information content (AvgIpc) is 3.35. The van der Waals surface area contributed by atoms with Crippen molar-refractivity contribution in [2.45, 2.75) is 25.3 Å². The number of rotatable bonds is 5. The molecule has 112 valence electrons. The second-order valence-corrected chi connectivity index (χ2v) is 5.74. The lowest BCUT2D eigenvalue weighted by molar-refractivity contribution is -0.124. The standard InChI is InChI=1S/C16H21N3O2/c20-15(11-5-6-11)18-7-8-19-16(21)14-10-17-9-12-3-1-2-4-13(12)14/h1-4,11,14,17H,5-10H2,(H,18,20)(H,19,21). The molecule has 1 aliphatic heterocycles. The topological polar surface area (TPSA) is 70.2 Å². The zero-order valence-electron chi connectivity index (χ0n) is 12.0. The Labute approximate surface area is 124 Å². The van der Waals surface area contributed by atoms with Crippen LogP contribution in [0.25, 0.3) is 0 Å². The Morgan fingerprint density at radius 2 is 1.81 bits per heavy atom. The van der Waals surface area contributed by atoms with Crippen LogP contribution in [0.15, 0.2) is 24.3 Å². The Morgan fingerprint density at radius 1 is 1.10 bits per heavy atom. The second-order valence-electron chi connectivity index (χ2n) is 5.74. The molecular formula is C16H21N3O2. The van der Waals surface area contributed by atoms with E-state index in [1.807, 2.05) is 18.2 Å². The van der Waals surface area contributed by atoms with Gasteiger partial charge in [0.1, 0.15) is 0 Å². The summed E-state index contributed by atoms with van der Waals surface area (Å²) in [5, 5.41) is 9.04. The zero-order valence-corrected chi connectivity index (χ0v) is 12.0. The smallest absolute Gasteiger partial charge is 0.228 e. The Morgan fingerprint density at radius 3 is 2.57 bits per heavy atom. The molecule has 1 atom stereocenters. The summed E-state index contributed by atoms with van der Waals surface area (Å²) >= 11 is 0. The highest BCUT2D eigenvalue weighted by molar-refractivity contribution is 5.85. The number of benzene rings is 1. The van der Waals surface area contributed by atoms with Crippen molar-refractivity contribution in [3.05, 3.63) is 35.4 Å². The summed E-state index contributed by atoms with van der Waals surface area (Å²) in [4.78, 5) is 23.8. The van der Waals surface area contributed by atoms with Crippen molar-refractivity contribution >= 4 is 11.8 Å². The fourth-order valence-corrected chi connectivity index (χ4v) is 2.71. The molecule has 5 nitrogen and oxygen atoms in total. The van der Waals surface area contributed by atoms with Gasteiger partial charge in [0.05, 0.1) is 5.92 Å². The normalized spacial score (nSPS) is 20.5. The number of carbonyl (C=O) groups excluding carboxylic acids is 2. The van der Waals surface area contributed by atoms with Crippen LogP contribution < -0.4 is 16.0 Å². The van der Waals surface area contributed by atoms with Gasteiger partial charge < -0.3 is 16.0 Å². The van der Waals surface area contributed by atoms with Gasteiger partial charge in [0.2, 0.25) is 11.8 Å². The number of hydrogen-bond donors (Lipinski definition) is 3. The van der Waals surface area contributed by atoms with Crippen molar-refractivity contribution in [3.8, 4) is 0 Å². The SMILES string of the molecule is O=C(NCCNC(=O)C1CNCc2ccccc21)C1CC1. The van der Waals surface area contributed by atoms with E-state index >= 15 is 0 Å². The van der Waals surface area contributed by atoms with Crippen molar-refractivity contribution < 1.29 is 9.59 Å². The van der Waals surface area contributed by atoms with Crippen molar-refractivity contribution in [2.75, 3.05) is 19.6 Å². The minimum absolute atomic E-state index is 0.0234. The lowest BCUT2D eigenvalue weighted by Crippen LogP contribution is -2.41. The maximum atomic E-state index is 12.3. The fourth-order valence-electron chi connectivity index (χ4n) is 2.71. The lowest BCUT2D eigenvalue weighted by atomic mass is 9.90. The molecule has 1 aromatic rings. The molecule has 3 N–H and O–H groups in total. The predicted molar refractivity (Wildman–Crippen MR) is 79.6 cm³/mol.